The summed E-state index contributed by atoms with van der Waals surface area (Å²) in [5.74, 6) is 0.195. The van der Waals surface area contributed by atoms with Gasteiger partial charge in [0.05, 0.1) is 5.75 Å². The maximum atomic E-state index is 13.4. The van der Waals surface area contributed by atoms with E-state index in [2.05, 4.69) is 46.8 Å². The average Bonchev–Trinajstić information content (AvgIpc) is 3.45. The Morgan fingerprint density at radius 1 is 1.13 bits per heavy atom. The first-order valence-electron chi connectivity index (χ1n) is 12.6. The summed E-state index contributed by atoms with van der Waals surface area (Å²) in [5, 5.41) is 10.1. The van der Waals surface area contributed by atoms with Gasteiger partial charge in [-0.05, 0) is 55.3 Å². The van der Waals surface area contributed by atoms with Gasteiger partial charge in [0, 0.05) is 39.9 Å². The van der Waals surface area contributed by atoms with Crippen LogP contribution in [0.5, 0.6) is 5.75 Å². The maximum absolute atomic E-state index is 13.4. The van der Waals surface area contributed by atoms with Crippen molar-refractivity contribution in [1.29, 1.82) is 0 Å². The van der Waals surface area contributed by atoms with Crippen LogP contribution in [-0.4, -0.2) is 60.8 Å². The SMILES string of the molecule is O=C(NCC1CCCN1)c1nc2nc(Nc3ccc4c(c3)S(=O)(=O)CCO4)ncc2cc1-c1ccccc1Br. The summed E-state index contributed by atoms with van der Waals surface area (Å²) in [7, 11) is -3.42. The van der Waals surface area contributed by atoms with Gasteiger partial charge in [-0.25, -0.2) is 18.4 Å². The van der Waals surface area contributed by atoms with E-state index in [1.165, 1.54) is 6.07 Å². The van der Waals surface area contributed by atoms with Crippen molar-refractivity contribution in [1.82, 2.24) is 25.6 Å². The summed E-state index contributed by atoms with van der Waals surface area (Å²) in [6, 6.07) is 14.6. The first-order chi connectivity index (χ1) is 18.9. The van der Waals surface area contributed by atoms with Crippen LogP contribution < -0.4 is 20.7 Å². The van der Waals surface area contributed by atoms with Gasteiger partial charge in [-0.15, -0.1) is 0 Å². The van der Waals surface area contributed by atoms with Gasteiger partial charge in [0.15, 0.2) is 15.5 Å². The third kappa shape index (κ3) is 5.32. The van der Waals surface area contributed by atoms with E-state index in [1.54, 1.807) is 18.3 Å². The van der Waals surface area contributed by atoms with Crippen molar-refractivity contribution < 1.29 is 17.9 Å². The molecule has 1 amide bonds. The van der Waals surface area contributed by atoms with Crippen LogP contribution in [0, 0.1) is 0 Å². The predicted molar refractivity (Wildman–Crippen MR) is 151 cm³/mol. The quantitative estimate of drug-likeness (QED) is 0.298. The summed E-state index contributed by atoms with van der Waals surface area (Å²) in [4.78, 5) is 27.1. The number of carbonyl (C=O) groups is 1. The molecule has 1 saturated heterocycles. The number of pyridine rings is 1. The molecule has 1 atom stereocenters. The van der Waals surface area contributed by atoms with Crippen molar-refractivity contribution in [2.45, 2.75) is 23.8 Å². The molecule has 0 saturated carbocycles. The van der Waals surface area contributed by atoms with Crippen LogP contribution in [0.1, 0.15) is 23.3 Å². The highest BCUT2D eigenvalue weighted by Gasteiger charge is 2.25. The molecule has 0 radical (unpaired) electrons. The molecular formula is C27H25BrN6O4S. The maximum Gasteiger partial charge on any atom is 0.270 e. The van der Waals surface area contributed by atoms with Crippen molar-refractivity contribution >= 4 is 54.3 Å². The fourth-order valence-electron chi connectivity index (χ4n) is 4.76. The lowest BCUT2D eigenvalue weighted by atomic mass is 10.0. The lowest BCUT2D eigenvalue weighted by Crippen LogP contribution is -2.37. The molecule has 200 valence electrons. The van der Waals surface area contributed by atoms with E-state index in [0.29, 0.717) is 34.6 Å². The molecule has 0 aliphatic carbocycles. The number of nitrogens with one attached hydrogen (secondary N) is 3. The van der Waals surface area contributed by atoms with E-state index in [4.69, 9.17) is 4.74 Å². The van der Waals surface area contributed by atoms with Crippen LogP contribution >= 0.6 is 15.9 Å². The van der Waals surface area contributed by atoms with Gasteiger partial charge < -0.3 is 20.7 Å². The zero-order valence-electron chi connectivity index (χ0n) is 20.8. The Morgan fingerprint density at radius 2 is 2.00 bits per heavy atom. The number of nitrogens with zero attached hydrogens (tertiary/aromatic N) is 3. The molecule has 4 heterocycles. The molecular weight excluding hydrogens is 584 g/mol. The molecule has 2 aliphatic heterocycles. The number of rotatable bonds is 6. The van der Waals surface area contributed by atoms with Crippen molar-refractivity contribution in [2.75, 3.05) is 30.8 Å². The Balaban J connectivity index is 1.36. The highest BCUT2D eigenvalue weighted by Crippen LogP contribution is 2.34. The predicted octanol–water partition coefficient (Wildman–Crippen LogP) is 3.85. The molecule has 10 nitrogen and oxygen atoms in total. The van der Waals surface area contributed by atoms with E-state index < -0.39 is 9.84 Å². The fraction of sp³-hybridized carbons (Fsp3) is 0.259. The standard InChI is InChI=1S/C27H25BrN6O4S/c28-21-6-2-1-5-19(21)20-12-16-14-31-27(32-17-7-8-22-23(13-17)39(36,37)11-10-38-22)34-25(16)33-24(20)26(35)30-15-18-4-3-9-29-18/h1-2,5-8,12-14,18,29H,3-4,9-11,15H2,(H,30,35)(H,31,32,33,34). The minimum Gasteiger partial charge on any atom is -0.491 e. The first kappa shape index (κ1) is 25.7. The number of anilines is 2. The average molecular weight is 610 g/mol. The number of amides is 1. The minimum absolute atomic E-state index is 0.0681. The normalized spacial score (nSPS) is 17.8. The molecule has 39 heavy (non-hydrogen) atoms. The number of hydrogen-bond acceptors (Lipinski definition) is 9. The molecule has 1 unspecified atom stereocenters. The Bertz CT molecular complexity index is 1690. The molecule has 2 aliphatic rings. The van der Waals surface area contributed by atoms with Crippen molar-refractivity contribution in [3.05, 3.63) is 64.9 Å². The highest BCUT2D eigenvalue weighted by atomic mass is 79.9. The van der Waals surface area contributed by atoms with E-state index >= 15 is 0 Å². The Morgan fingerprint density at radius 3 is 2.82 bits per heavy atom. The molecule has 12 heteroatoms. The molecule has 3 N–H and O–H groups in total. The third-order valence-corrected chi connectivity index (χ3v) is 9.15. The van der Waals surface area contributed by atoms with Gasteiger partial charge in [-0.1, -0.05) is 34.1 Å². The van der Waals surface area contributed by atoms with E-state index in [1.807, 2.05) is 30.3 Å². The molecule has 2 aromatic carbocycles. The molecule has 1 fully saturated rings. The third-order valence-electron chi connectivity index (χ3n) is 6.76. The zero-order chi connectivity index (χ0) is 27.0. The van der Waals surface area contributed by atoms with Crippen LogP contribution in [-0.2, 0) is 9.84 Å². The zero-order valence-corrected chi connectivity index (χ0v) is 23.2. The van der Waals surface area contributed by atoms with Crippen LogP contribution in [0.25, 0.3) is 22.2 Å². The molecule has 6 rings (SSSR count). The molecule has 0 spiro atoms. The van der Waals surface area contributed by atoms with Crippen LogP contribution in [0.3, 0.4) is 0 Å². The van der Waals surface area contributed by atoms with E-state index in [0.717, 1.165) is 29.4 Å². The Labute approximate surface area is 233 Å². The number of fused-ring (bicyclic) bond motifs is 2. The van der Waals surface area contributed by atoms with Gasteiger partial charge in [0.25, 0.3) is 5.91 Å². The summed E-state index contributed by atoms with van der Waals surface area (Å²) in [5.41, 5.74) is 2.58. The Kier molecular flexibility index (Phi) is 6.92. The monoisotopic (exact) mass is 608 g/mol. The minimum atomic E-state index is -3.42. The van der Waals surface area contributed by atoms with Gasteiger partial charge in [0.1, 0.15) is 22.9 Å². The second-order valence-corrected chi connectivity index (χ2v) is 12.4. The highest BCUT2D eigenvalue weighted by molar-refractivity contribution is 9.10. The lowest BCUT2D eigenvalue weighted by Gasteiger charge is -2.18. The number of carbonyl (C=O) groups excluding carboxylic acids is 1. The number of hydrogen-bond donors (Lipinski definition) is 3. The number of halogens is 1. The van der Waals surface area contributed by atoms with E-state index in [-0.39, 0.29) is 40.8 Å². The summed E-state index contributed by atoms with van der Waals surface area (Å²) in [6.45, 7) is 1.60. The van der Waals surface area contributed by atoms with Crippen LogP contribution in [0.15, 0.2) is 64.1 Å². The first-order valence-corrected chi connectivity index (χ1v) is 15.0. The van der Waals surface area contributed by atoms with Gasteiger partial charge in [-0.2, -0.15) is 4.98 Å². The largest absolute Gasteiger partial charge is 0.491 e. The lowest BCUT2D eigenvalue weighted by molar-refractivity contribution is 0.0946. The van der Waals surface area contributed by atoms with Gasteiger partial charge in [-0.3, -0.25) is 4.79 Å². The fourth-order valence-corrected chi connectivity index (χ4v) is 6.52. The van der Waals surface area contributed by atoms with Crippen LogP contribution in [0.2, 0.25) is 0 Å². The van der Waals surface area contributed by atoms with Crippen molar-refractivity contribution in [2.24, 2.45) is 0 Å². The number of aromatic nitrogens is 3. The molecule has 0 bridgehead atoms. The molecule has 2 aromatic heterocycles. The number of benzene rings is 2. The number of ether oxygens (including phenoxy) is 1. The second kappa shape index (κ2) is 10.5. The Hall–Kier alpha value is -3.61. The van der Waals surface area contributed by atoms with Gasteiger partial charge >= 0.3 is 0 Å². The van der Waals surface area contributed by atoms with Gasteiger partial charge in [0.2, 0.25) is 5.95 Å². The summed E-state index contributed by atoms with van der Waals surface area (Å²) < 4.78 is 31.2. The van der Waals surface area contributed by atoms with Crippen molar-refractivity contribution in [3.8, 4) is 16.9 Å². The molecule has 4 aromatic rings. The summed E-state index contributed by atoms with van der Waals surface area (Å²) in [6.07, 6.45) is 3.73. The van der Waals surface area contributed by atoms with Crippen LogP contribution in [0.4, 0.5) is 11.6 Å². The van der Waals surface area contributed by atoms with Crippen molar-refractivity contribution in [3.63, 3.8) is 0 Å². The second-order valence-electron chi connectivity index (χ2n) is 9.43. The number of sulfone groups is 1. The van der Waals surface area contributed by atoms with E-state index in [9.17, 15) is 13.2 Å². The topological polar surface area (TPSA) is 135 Å². The summed E-state index contributed by atoms with van der Waals surface area (Å²) >= 11 is 3.59. The smallest absolute Gasteiger partial charge is 0.270 e.